The predicted octanol–water partition coefficient (Wildman–Crippen LogP) is 22.8. The number of anilines is 18. The van der Waals surface area contributed by atoms with Gasteiger partial charge < -0.3 is 29.4 Å². The van der Waals surface area contributed by atoms with E-state index in [9.17, 15) is 0 Å². The van der Waals surface area contributed by atoms with Gasteiger partial charge in [0.2, 0.25) is 0 Å². The van der Waals surface area contributed by atoms with Crippen molar-refractivity contribution in [1.29, 1.82) is 0 Å². The normalized spacial score (nSPS) is 13.4. The zero-order valence-corrected chi connectivity index (χ0v) is 65.4. The Kier molecular flexibility index (Phi) is 15.4. The van der Waals surface area contributed by atoms with Crippen molar-refractivity contribution >= 4 is 248 Å². The lowest BCUT2D eigenvalue weighted by atomic mass is 9.30. The molecule has 14 heteroatoms. The van der Waals surface area contributed by atoms with Gasteiger partial charge in [0.15, 0.2) is 0 Å². The number of rotatable bonds is 12. The van der Waals surface area contributed by atoms with Crippen LogP contribution in [0.3, 0.4) is 0 Å². The van der Waals surface area contributed by atoms with Gasteiger partial charge in [-0.05, 0) is 212 Å². The Morgan fingerprint density at radius 1 is 0.211 bits per heavy atom. The summed E-state index contributed by atoms with van der Waals surface area (Å²) in [6, 6.07) is 143. The molecule has 532 valence electrons. The average Bonchev–Trinajstić information content (AvgIpc) is 0.864. The number of thiophene rings is 2. The zero-order chi connectivity index (χ0) is 74.6. The number of benzene rings is 16. The van der Waals surface area contributed by atoms with E-state index in [-0.39, 0.29) is 20.1 Å². The van der Waals surface area contributed by atoms with Crippen molar-refractivity contribution in [3.05, 3.63) is 382 Å². The van der Waals surface area contributed by atoms with Crippen molar-refractivity contribution < 1.29 is 0 Å². The number of hydrogen-bond donors (Lipinski definition) is 0. The molecule has 6 aliphatic rings. The maximum atomic E-state index is 2.72. The lowest BCUT2D eigenvalue weighted by Crippen LogP contribution is -2.65. The largest absolute Gasteiger partial charge is 0.311 e. The topological polar surface area (TPSA) is 19.4 Å². The molecule has 24 rings (SSSR count). The van der Waals surface area contributed by atoms with Gasteiger partial charge in [-0.25, -0.2) is 0 Å². The summed E-state index contributed by atoms with van der Waals surface area (Å²) in [6.07, 6.45) is 0. The van der Waals surface area contributed by atoms with E-state index in [0.29, 0.717) is 0 Å². The number of fused-ring (bicyclic) bond motifs is 16. The molecule has 8 heterocycles. The van der Waals surface area contributed by atoms with Crippen LogP contribution in [-0.4, -0.2) is 20.1 Å². The van der Waals surface area contributed by atoms with E-state index in [1.807, 2.05) is 58.0 Å². The van der Waals surface area contributed by atoms with Crippen LogP contribution < -0.4 is 77.2 Å². The van der Waals surface area contributed by atoms with Gasteiger partial charge in [0.1, 0.15) is 0 Å². The third-order valence-corrected chi connectivity index (χ3v) is 29.7. The molecule has 0 saturated carbocycles. The van der Waals surface area contributed by atoms with Crippen LogP contribution in [0.25, 0.3) is 20.2 Å². The summed E-state index contributed by atoms with van der Waals surface area (Å²) in [4.78, 5) is 23.0. The van der Waals surface area contributed by atoms with E-state index in [0.717, 1.165) is 91.0 Å². The van der Waals surface area contributed by atoms with Gasteiger partial charge in [0.25, 0.3) is 20.1 Å². The molecule has 0 saturated heterocycles. The highest BCUT2D eigenvalue weighted by Gasteiger charge is 2.51. The third kappa shape index (κ3) is 10.3. The van der Waals surface area contributed by atoms with Crippen LogP contribution in [0, 0.1) is 0 Å². The minimum atomic E-state index is -0.275. The lowest BCUT2D eigenvalue weighted by Gasteiger charge is -2.47. The average molecular weight is 1540 g/mol. The van der Waals surface area contributed by atoms with E-state index < -0.39 is 0 Å². The summed E-state index contributed by atoms with van der Waals surface area (Å²) >= 11 is 9.81. The standard InChI is InChI=1S/C100H63B3N6S5/c1-10-32-64(33-11-1)104(65-34-12-2-13-35-65)73-54-85-94-86(55-73)109(72-48-26-9-27-49-72)84-63-90-81(103-96-92(110-90)58-75(106(68-40-18-5-19-41-68)69-42-20-6-21-43-69)59-93(96)112-98-77-51-29-31-53-89(77)114-100(98)103)61-79(84)101(94)78-60-80-83(62-82(78)107(85)70-44-22-7-23-45-70)108(71-46-24-8-25-47-71)87-56-74(105(66-36-14-3-15-37-66)67-38-16-4-17-39-67)57-91-95(87)102(80)99-97(111-91)76-50-28-30-52-88(76)113-99/h1-63H. The molecular formula is C100H63B3N6S5. The van der Waals surface area contributed by atoms with E-state index in [1.54, 1.807) is 0 Å². The minimum absolute atomic E-state index is 0.0580. The molecule has 0 bridgehead atoms. The number of hydrogen-bond acceptors (Lipinski definition) is 11. The zero-order valence-electron chi connectivity index (χ0n) is 61.3. The smallest absolute Gasteiger partial charge is 0.262 e. The Bertz CT molecular complexity index is 6770. The monoisotopic (exact) mass is 1540 g/mol. The Morgan fingerprint density at radius 2 is 0.509 bits per heavy atom. The van der Waals surface area contributed by atoms with Crippen LogP contribution >= 0.6 is 58.0 Å². The summed E-state index contributed by atoms with van der Waals surface area (Å²) in [5.41, 5.74) is 29.2. The van der Waals surface area contributed by atoms with Crippen LogP contribution in [0.4, 0.5) is 102 Å². The Labute approximate surface area is 683 Å². The molecule has 114 heavy (non-hydrogen) atoms. The second-order valence-electron chi connectivity index (χ2n) is 29.8. The van der Waals surface area contributed by atoms with E-state index >= 15 is 0 Å². The molecule has 6 nitrogen and oxygen atoms in total. The molecule has 2 aromatic heterocycles. The summed E-state index contributed by atoms with van der Waals surface area (Å²) in [5, 5.41) is 2.62. The van der Waals surface area contributed by atoms with Crippen LogP contribution in [0.1, 0.15) is 0 Å². The molecule has 0 radical (unpaired) electrons. The van der Waals surface area contributed by atoms with Crippen molar-refractivity contribution in [2.24, 2.45) is 0 Å². The molecule has 0 N–H and O–H groups in total. The summed E-state index contributed by atoms with van der Waals surface area (Å²) in [5.74, 6) is 0. The first-order valence-electron chi connectivity index (χ1n) is 38.8. The molecule has 16 aromatic carbocycles. The summed E-state index contributed by atoms with van der Waals surface area (Å²) in [6.45, 7) is -0.464. The van der Waals surface area contributed by atoms with Gasteiger partial charge in [-0.3, -0.25) is 0 Å². The maximum Gasteiger partial charge on any atom is 0.262 e. The maximum absolute atomic E-state index is 2.72. The first kappa shape index (κ1) is 66.1. The molecular weight excluding hydrogens is 1480 g/mol. The highest BCUT2D eigenvalue weighted by Crippen LogP contribution is 2.55. The van der Waals surface area contributed by atoms with Crippen molar-refractivity contribution in [1.82, 2.24) is 0 Å². The second-order valence-corrected chi connectivity index (χ2v) is 35.1. The summed E-state index contributed by atoms with van der Waals surface area (Å²) < 4.78 is 5.41. The molecule has 18 aromatic rings. The molecule has 0 atom stereocenters. The van der Waals surface area contributed by atoms with Crippen LogP contribution in [0.5, 0.6) is 0 Å². The first-order valence-corrected chi connectivity index (χ1v) is 42.9. The van der Waals surface area contributed by atoms with E-state index in [2.05, 4.69) is 412 Å². The Morgan fingerprint density at radius 3 is 0.912 bits per heavy atom. The van der Waals surface area contributed by atoms with Gasteiger partial charge in [0, 0.05) is 146 Å². The Balaban J connectivity index is 0.814. The second kappa shape index (κ2) is 26.6. The first-order chi connectivity index (χ1) is 56.6. The molecule has 0 amide bonds. The third-order valence-electron chi connectivity index (χ3n) is 23.4. The van der Waals surface area contributed by atoms with E-state index in [4.69, 9.17) is 0 Å². The Hall–Kier alpha value is -12.5. The molecule has 0 fully saturated rings. The fraction of sp³-hybridized carbons (Fsp3) is 0. The highest BCUT2D eigenvalue weighted by molar-refractivity contribution is 8.02. The van der Waals surface area contributed by atoms with Gasteiger partial charge >= 0.3 is 0 Å². The SMILES string of the molecule is c1ccc(N(c2ccccc2)c2cc3c4c(c2)Sc2c(sc5ccccc25)B4c2cc4c(cc2S3)N(c2ccccc2)c2cc(N(c3ccccc3)c3ccccc3)cc3c2B4c2cc4c(cc2N3c2ccccc2)N(c2ccccc2)c2cc(N(c3ccccc3)c3ccccc3)cc3c2B4c2sc4ccccc4c2S3)cc1. The van der Waals surface area contributed by atoms with Crippen molar-refractivity contribution in [2.45, 2.75) is 29.4 Å². The fourth-order valence-electron chi connectivity index (χ4n) is 18.8. The molecule has 0 unspecified atom stereocenters. The van der Waals surface area contributed by atoms with E-state index in [1.165, 1.54) is 109 Å². The van der Waals surface area contributed by atoms with Crippen LogP contribution in [0.2, 0.25) is 0 Å². The van der Waals surface area contributed by atoms with Crippen molar-refractivity contribution in [3.8, 4) is 0 Å². The molecule has 6 aliphatic heterocycles. The van der Waals surface area contributed by atoms with Crippen LogP contribution in [-0.2, 0) is 0 Å². The van der Waals surface area contributed by atoms with Crippen molar-refractivity contribution in [3.63, 3.8) is 0 Å². The van der Waals surface area contributed by atoms with Gasteiger partial charge in [-0.15, -0.1) is 22.7 Å². The highest BCUT2D eigenvalue weighted by atomic mass is 32.2. The summed E-state index contributed by atoms with van der Waals surface area (Å²) in [7, 11) is 0. The lowest BCUT2D eigenvalue weighted by molar-refractivity contribution is 1.21. The molecule has 0 spiro atoms. The minimum Gasteiger partial charge on any atom is -0.311 e. The quantitative estimate of drug-likeness (QED) is 0.111. The fourth-order valence-corrected chi connectivity index (χ4v) is 25.6. The van der Waals surface area contributed by atoms with Gasteiger partial charge in [-0.2, -0.15) is 0 Å². The van der Waals surface area contributed by atoms with Gasteiger partial charge in [-0.1, -0.05) is 253 Å². The predicted molar refractivity (Wildman–Crippen MR) is 491 cm³/mol. The van der Waals surface area contributed by atoms with Crippen LogP contribution in [0.15, 0.2) is 412 Å². The van der Waals surface area contributed by atoms with Gasteiger partial charge in [0.05, 0.1) is 5.69 Å². The van der Waals surface area contributed by atoms with Crippen molar-refractivity contribution in [2.75, 3.05) is 29.4 Å². The number of para-hydroxylation sites is 9. The number of nitrogens with zero attached hydrogens (tertiary/aromatic N) is 6. The molecule has 0 aliphatic carbocycles.